The number of rotatable bonds is 4. The fourth-order valence-corrected chi connectivity index (χ4v) is 3.50. The zero-order valence-corrected chi connectivity index (χ0v) is 13.4. The lowest BCUT2D eigenvalue weighted by Crippen LogP contribution is -2.23. The van der Waals surface area contributed by atoms with Gasteiger partial charge in [0.25, 0.3) is 0 Å². The summed E-state index contributed by atoms with van der Waals surface area (Å²) in [5, 5.41) is 11.3. The van der Waals surface area contributed by atoms with Gasteiger partial charge in [0, 0.05) is 12.3 Å². The van der Waals surface area contributed by atoms with Crippen LogP contribution in [0.25, 0.3) is 5.69 Å². The summed E-state index contributed by atoms with van der Waals surface area (Å²) in [6.45, 7) is 0. The minimum Gasteiger partial charge on any atom is -0.381 e. The fraction of sp³-hybridized carbons (Fsp3) is 0.467. The first-order valence-electron chi connectivity index (χ1n) is 7.51. The highest BCUT2D eigenvalue weighted by atomic mass is 32.2. The highest BCUT2D eigenvalue weighted by molar-refractivity contribution is 7.90. The summed E-state index contributed by atoms with van der Waals surface area (Å²) in [7, 11) is -3.26. The molecule has 1 saturated carbocycles. The maximum atomic E-state index is 11.8. The van der Waals surface area contributed by atoms with Crippen LogP contribution in [0.5, 0.6) is 0 Å². The van der Waals surface area contributed by atoms with E-state index in [1.165, 1.54) is 25.5 Å². The predicted octanol–water partition coefficient (Wildman–Crippen LogP) is 2.42. The van der Waals surface area contributed by atoms with Crippen LogP contribution in [-0.4, -0.2) is 35.7 Å². The van der Waals surface area contributed by atoms with Crippen molar-refractivity contribution in [2.24, 2.45) is 0 Å². The van der Waals surface area contributed by atoms with Gasteiger partial charge in [-0.05, 0) is 31.0 Å². The molecule has 1 aromatic carbocycles. The van der Waals surface area contributed by atoms with Gasteiger partial charge in [0.1, 0.15) is 0 Å². The topological polar surface area (TPSA) is 76.9 Å². The van der Waals surface area contributed by atoms with Gasteiger partial charge in [0.15, 0.2) is 9.84 Å². The first kappa shape index (κ1) is 15.0. The van der Waals surface area contributed by atoms with Crippen LogP contribution < -0.4 is 5.32 Å². The van der Waals surface area contributed by atoms with Crippen molar-refractivity contribution in [3.63, 3.8) is 0 Å². The maximum absolute atomic E-state index is 11.8. The molecule has 1 heterocycles. The maximum Gasteiger partial charge on any atom is 0.175 e. The van der Waals surface area contributed by atoms with Gasteiger partial charge in [-0.25, -0.2) is 13.1 Å². The second-order valence-electron chi connectivity index (χ2n) is 5.78. The monoisotopic (exact) mass is 320 g/mol. The van der Waals surface area contributed by atoms with Gasteiger partial charge in [-0.2, -0.15) is 0 Å². The van der Waals surface area contributed by atoms with E-state index < -0.39 is 9.84 Å². The Labute approximate surface area is 130 Å². The van der Waals surface area contributed by atoms with Crippen LogP contribution in [0.4, 0.5) is 5.69 Å². The average molecular weight is 320 g/mol. The number of nitrogens with one attached hydrogen (secondary N) is 1. The van der Waals surface area contributed by atoms with Crippen molar-refractivity contribution >= 4 is 15.5 Å². The van der Waals surface area contributed by atoms with Crippen molar-refractivity contribution in [2.75, 3.05) is 11.6 Å². The molecule has 0 unspecified atom stereocenters. The Morgan fingerprint density at radius 3 is 2.64 bits per heavy atom. The largest absolute Gasteiger partial charge is 0.381 e. The molecule has 7 heteroatoms. The highest BCUT2D eigenvalue weighted by Gasteiger charge is 2.17. The summed E-state index contributed by atoms with van der Waals surface area (Å²) in [6.07, 6.45) is 10.6. The van der Waals surface area contributed by atoms with Crippen LogP contribution in [0, 0.1) is 0 Å². The van der Waals surface area contributed by atoms with Gasteiger partial charge in [0.2, 0.25) is 0 Å². The summed E-state index contributed by atoms with van der Waals surface area (Å²) in [4.78, 5) is 0.284. The van der Waals surface area contributed by atoms with Crippen molar-refractivity contribution in [1.29, 1.82) is 0 Å². The number of sulfone groups is 1. The molecule has 1 aliphatic rings. The molecule has 0 amide bonds. The Bertz CT molecular complexity index is 735. The molecule has 0 saturated heterocycles. The van der Waals surface area contributed by atoms with Gasteiger partial charge >= 0.3 is 0 Å². The lowest BCUT2D eigenvalue weighted by Gasteiger charge is -2.25. The van der Waals surface area contributed by atoms with E-state index in [4.69, 9.17) is 0 Å². The molecule has 3 rings (SSSR count). The Hall–Kier alpha value is -1.89. The van der Waals surface area contributed by atoms with E-state index in [9.17, 15) is 8.42 Å². The molecule has 0 aliphatic heterocycles. The third-order valence-corrected chi connectivity index (χ3v) is 5.14. The van der Waals surface area contributed by atoms with E-state index in [-0.39, 0.29) is 4.90 Å². The molecule has 0 radical (unpaired) electrons. The standard InChI is InChI=1S/C15H20N4O2S/c1-22(20,21)13-7-8-14(17-12-5-3-2-4-6-12)15(11-13)19-10-9-16-18-19/h7-12,17H,2-6H2,1H3. The molecule has 1 N–H and O–H groups in total. The van der Waals surface area contributed by atoms with E-state index in [1.807, 2.05) is 6.07 Å². The number of anilines is 1. The van der Waals surface area contributed by atoms with Gasteiger partial charge in [-0.15, -0.1) is 5.10 Å². The van der Waals surface area contributed by atoms with E-state index in [0.717, 1.165) is 18.5 Å². The molecule has 1 aromatic heterocycles. The Kier molecular flexibility index (Phi) is 4.15. The Balaban J connectivity index is 1.98. The van der Waals surface area contributed by atoms with Crippen LogP contribution in [0.1, 0.15) is 32.1 Å². The van der Waals surface area contributed by atoms with Crippen molar-refractivity contribution in [2.45, 2.75) is 43.0 Å². The summed E-state index contributed by atoms with van der Waals surface area (Å²) in [5.74, 6) is 0. The molecule has 118 valence electrons. The number of hydrogen-bond acceptors (Lipinski definition) is 5. The van der Waals surface area contributed by atoms with Crippen LogP contribution >= 0.6 is 0 Å². The smallest absolute Gasteiger partial charge is 0.175 e. The lowest BCUT2D eigenvalue weighted by atomic mass is 9.95. The summed E-state index contributed by atoms with van der Waals surface area (Å²) in [5.41, 5.74) is 1.61. The zero-order chi connectivity index (χ0) is 15.6. The first-order chi connectivity index (χ1) is 10.5. The third-order valence-electron chi connectivity index (χ3n) is 4.03. The quantitative estimate of drug-likeness (QED) is 0.936. The normalized spacial score (nSPS) is 16.6. The van der Waals surface area contributed by atoms with Crippen LogP contribution in [0.3, 0.4) is 0 Å². The van der Waals surface area contributed by atoms with Gasteiger partial charge in [-0.3, -0.25) is 0 Å². The number of aromatic nitrogens is 3. The molecule has 0 bridgehead atoms. The van der Waals surface area contributed by atoms with Gasteiger partial charge < -0.3 is 5.32 Å². The van der Waals surface area contributed by atoms with Gasteiger partial charge in [-0.1, -0.05) is 24.5 Å². The summed E-state index contributed by atoms with van der Waals surface area (Å²) in [6, 6.07) is 5.54. The van der Waals surface area contributed by atoms with Gasteiger partial charge in [0.05, 0.1) is 28.7 Å². The summed E-state index contributed by atoms with van der Waals surface area (Å²) >= 11 is 0. The molecule has 1 aliphatic carbocycles. The second-order valence-corrected chi connectivity index (χ2v) is 7.79. The molecule has 0 spiro atoms. The van der Waals surface area contributed by atoms with E-state index >= 15 is 0 Å². The minimum atomic E-state index is -3.26. The molecular formula is C15H20N4O2S. The SMILES string of the molecule is CS(=O)(=O)c1ccc(NC2CCCCC2)c(-n2ccnn2)c1. The van der Waals surface area contributed by atoms with Crippen molar-refractivity contribution in [3.8, 4) is 5.69 Å². The predicted molar refractivity (Wildman–Crippen MR) is 85.0 cm³/mol. The fourth-order valence-electron chi connectivity index (χ4n) is 2.86. The Morgan fingerprint density at radius 1 is 1.23 bits per heavy atom. The number of benzene rings is 1. The molecule has 6 nitrogen and oxygen atoms in total. The first-order valence-corrected chi connectivity index (χ1v) is 9.40. The van der Waals surface area contributed by atoms with Crippen molar-refractivity contribution < 1.29 is 8.42 Å². The average Bonchev–Trinajstić information content (AvgIpc) is 3.01. The zero-order valence-electron chi connectivity index (χ0n) is 12.6. The van der Waals surface area contributed by atoms with E-state index in [1.54, 1.807) is 29.2 Å². The molecule has 2 aromatic rings. The van der Waals surface area contributed by atoms with Crippen LogP contribution in [0.2, 0.25) is 0 Å². The number of nitrogens with zero attached hydrogens (tertiary/aromatic N) is 3. The molecule has 22 heavy (non-hydrogen) atoms. The van der Waals surface area contributed by atoms with Crippen molar-refractivity contribution in [3.05, 3.63) is 30.6 Å². The Morgan fingerprint density at radius 2 is 2.00 bits per heavy atom. The number of hydrogen-bond donors (Lipinski definition) is 1. The van der Waals surface area contributed by atoms with Crippen LogP contribution in [-0.2, 0) is 9.84 Å². The minimum absolute atomic E-state index is 0.284. The lowest BCUT2D eigenvalue weighted by molar-refractivity contribution is 0.462. The molecular weight excluding hydrogens is 300 g/mol. The van der Waals surface area contributed by atoms with E-state index in [0.29, 0.717) is 11.7 Å². The molecule has 1 fully saturated rings. The van der Waals surface area contributed by atoms with Crippen molar-refractivity contribution in [1.82, 2.24) is 15.0 Å². The van der Waals surface area contributed by atoms with Crippen LogP contribution in [0.15, 0.2) is 35.5 Å². The molecule has 0 atom stereocenters. The second kappa shape index (κ2) is 6.08. The summed E-state index contributed by atoms with van der Waals surface area (Å²) < 4.78 is 25.2. The van der Waals surface area contributed by atoms with E-state index in [2.05, 4.69) is 15.6 Å². The highest BCUT2D eigenvalue weighted by Crippen LogP contribution is 2.27. The third kappa shape index (κ3) is 3.30.